The third-order valence-corrected chi connectivity index (χ3v) is 5.30. The molecule has 2 N–H and O–H groups in total. The minimum Gasteiger partial charge on any atom is -0.508 e. The molecule has 3 unspecified atom stereocenters. The van der Waals surface area contributed by atoms with E-state index < -0.39 is 12.0 Å². The molecule has 0 radical (unpaired) electrons. The topological polar surface area (TPSA) is 60.8 Å². The van der Waals surface area contributed by atoms with Crippen LogP contribution in [0.3, 0.4) is 0 Å². The van der Waals surface area contributed by atoms with Crippen LogP contribution in [0.25, 0.3) is 0 Å². The number of carbonyl (C=O) groups is 1. The van der Waals surface area contributed by atoms with Gasteiger partial charge in [0.25, 0.3) is 0 Å². The van der Waals surface area contributed by atoms with Crippen LogP contribution in [0.5, 0.6) is 5.75 Å². The van der Waals surface area contributed by atoms with Gasteiger partial charge in [-0.2, -0.15) is 0 Å². The van der Waals surface area contributed by atoms with Crippen LogP contribution in [0.4, 0.5) is 0 Å². The van der Waals surface area contributed by atoms with Crippen molar-refractivity contribution in [2.75, 3.05) is 0 Å². The number of likely N-dealkylation sites (tertiary alicyclic amines) is 1. The number of rotatable bonds is 3. The fraction of sp³-hybridized carbons (Fsp3) is 0.562. The van der Waals surface area contributed by atoms with Crippen molar-refractivity contribution >= 4 is 17.6 Å². The zero-order valence-corrected chi connectivity index (χ0v) is 12.6. The van der Waals surface area contributed by atoms with Gasteiger partial charge in [-0.05, 0) is 37.3 Å². The number of fused-ring (bicyclic) bond motifs is 1. The molecule has 2 fully saturated rings. The van der Waals surface area contributed by atoms with Gasteiger partial charge in [0.2, 0.25) is 0 Å². The third kappa shape index (κ3) is 2.74. The van der Waals surface area contributed by atoms with Gasteiger partial charge >= 0.3 is 5.97 Å². The zero-order chi connectivity index (χ0) is 15.0. The lowest BCUT2D eigenvalue weighted by Gasteiger charge is -2.33. The maximum absolute atomic E-state index is 11.6. The fourth-order valence-electron chi connectivity index (χ4n) is 3.91. The van der Waals surface area contributed by atoms with E-state index in [1.165, 1.54) is 6.42 Å². The zero-order valence-electron chi connectivity index (χ0n) is 11.8. The summed E-state index contributed by atoms with van der Waals surface area (Å²) in [4.78, 5) is 13.6. The van der Waals surface area contributed by atoms with Crippen molar-refractivity contribution in [2.24, 2.45) is 5.92 Å². The van der Waals surface area contributed by atoms with E-state index in [0.717, 1.165) is 19.3 Å². The first-order valence-corrected chi connectivity index (χ1v) is 7.90. The average Bonchev–Trinajstić information content (AvgIpc) is 2.82. The molecule has 1 aliphatic heterocycles. The number of aromatic hydroxyl groups is 1. The Labute approximate surface area is 129 Å². The van der Waals surface area contributed by atoms with Gasteiger partial charge in [-0.3, -0.25) is 9.69 Å². The summed E-state index contributed by atoms with van der Waals surface area (Å²) in [5, 5.41) is 20.0. The standard InChI is InChI=1S/C16H20ClNO3/c17-12-5-3-7-15(19)11(12)9-18-13-6-2-1-4-10(13)8-14(18)16(20)21/h3,5,7,10,13-14,19H,1-2,4,6,8-9H2,(H,20,21). The van der Waals surface area contributed by atoms with Crippen LogP contribution >= 0.6 is 11.6 Å². The Morgan fingerprint density at radius 2 is 2.10 bits per heavy atom. The summed E-state index contributed by atoms with van der Waals surface area (Å²) in [7, 11) is 0. The molecule has 1 heterocycles. The van der Waals surface area contributed by atoms with Crippen molar-refractivity contribution in [3.63, 3.8) is 0 Å². The lowest BCUT2D eigenvalue weighted by Crippen LogP contribution is -2.41. The largest absolute Gasteiger partial charge is 0.508 e. The van der Waals surface area contributed by atoms with Crippen LogP contribution in [0.15, 0.2) is 18.2 Å². The summed E-state index contributed by atoms with van der Waals surface area (Å²) in [6, 6.07) is 4.87. The minimum absolute atomic E-state index is 0.144. The summed E-state index contributed by atoms with van der Waals surface area (Å²) < 4.78 is 0. The number of hydrogen-bond acceptors (Lipinski definition) is 3. The summed E-state index contributed by atoms with van der Waals surface area (Å²) >= 11 is 6.18. The van der Waals surface area contributed by atoms with Crippen LogP contribution in [-0.2, 0) is 11.3 Å². The molecule has 3 rings (SSSR count). The molecule has 2 aliphatic rings. The number of benzene rings is 1. The molecular formula is C16H20ClNO3. The van der Waals surface area contributed by atoms with E-state index in [1.807, 2.05) is 4.90 Å². The molecule has 114 valence electrons. The molecule has 0 spiro atoms. The minimum atomic E-state index is -0.768. The van der Waals surface area contributed by atoms with Gasteiger partial charge in [-0.25, -0.2) is 0 Å². The quantitative estimate of drug-likeness (QED) is 0.899. The van der Waals surface area contributed by atoms with Crippen molar-refractivity contribution in [3.8, 4) is 5.75 Å². The van der Waals surface area contributed by atoms with E-state index in [9.17, 15) is 15.0 Å². The highest BCUT2D eigenvalue weighted by Gasteiger charge is 2.45. The number of phenolic OH excluding ortho intramolecular Hbond substituents is 1. The highest BCUT2D eigenvalue weighted by Crippen LogP contribution is 2.41. The van der Waals surface area contributed by atoms with Gasteiger partial charge in [0.1, 0.15) is 11.8 Å². The van der Waals surface area contributed by atoms with Gasteiger partial charge in [-0.1, -0.05) is 30.5 Å². The highest BCUT2D eigenvalue weighted by molar-refractivity contribution is 6.31. The Bertz CT molecular complexity index is 528. The molecule has 3 atom stereocenters. The lowest BCUT2D eigenvalue weighted by atomic mass is 9.84. The van der Waals surface area contributed by atoms with Gasteiger partial charge in [0, 0.05) is 23.2 Å². The second-order valence-corrected chi connectivity index (χ2v) is 6.52. The van der Waals surface area contributed by atoms with Gasteiger partial charge in [0.05, 0.1) is 0 Å². The van der Waals surface area contributed by atoms with Crippen molar-refractivity contribution in [3.05, 3.63) is 28.8 Å². The van der Waals surface area contributed by atoms with Crippen molar-refractivity contribution in [1.82, 2.24) is 4.90 Å². The summed E-state index contributed by atoms with van der Waals surface area (Å²) in [5.41, 5.74) is 0.636. The molecule has 4 nitrogen and oxygen atoms in total. The predicted molar refractivity (Wildman–Crippen MR) is 80.4 cm³/mol. The monoisotopic (exact) mass is 309 g/mol. The number of carboxylic acids is 1. The molecule has 1 aromatic carbocycles. The molecule has 5 heteroatoms. The molecule has 0 bridgehead atoms. The van der Waals surface area contributed by atoms with E-state index in [2.05, 4.69) is 0 Å². The van der Waals surface area contributed by atoms with Crippen LogP contribution in [0.1, 0.15) is 37.7 Å². The smallest absolute Gasteiger partial charge is 0.320 e. The van der Waals surface area contributed by atoms with Crippen LogP contribution in [0, 0.1) is 5.92 Å². The van der Waals surface area contributed by atoms with E-state index in [4.69, 9.17) is 11.6 Å². The van der Waals surface area contributed by atoms with Gasteiger partial charge < -0.3 is 10.2 Å². The summed E-state index contributed by atoms with van der Waals surface area (Å²) in [5.74, 6) is -0.161. The lowest BCUT2D eigenvalue weighted by molar-refractivity contribution is -0.142. The first-order chi connectivity index (χ1) is 10.1. The Balaban J connectivity index is 1.88. The Morgan fingerprint density at radius 1 is 1.33 bits per heavy atom. The number of aliphatic carboxylic acids is 1. The normalized spacial score (nSPS) is 29.3. The summed E-state index contributed by atoms with van der Waals surface area (Å²) in [6.45, 7) is 0.406. The maximum atomic E-state index is 11.6. The third-order valence-electron chi connectivity index (χ3n) is 4.94. The highest BCUT2D eigenvalue weighted by atomic mass is 35.5. The van der Waals surface area contributed by atoms with Crippen LogP contribution < -0.4 is 0 Å². The predicted octanol–water partition coefficient (Wildman–Crippen LogP) is 3.26. The number of hydrogen-bond donors (Lipinski definition) is 2. The van der Waals surface area contributed by atoms with Gasteiger partial charge in [0.15, 0.2) is 0 Å². The fourth-order valence-corrected chi connectivity index (χ4v) is 4.14. The number of phenols is 1. The van der Waals surface area contributed by atoms with E-state index in [-0.39, 0.29) is 5.75 Å². The van der Waals surface area contributed by atoms with Crippen molar-refractivity contribution < 1.29 is 15.0 Å². The average molecular weight is 310 g/mol. The molecular weight excluding hydrogens is 290 g/mol. The number of carboxylic acid groups (broad SMARTS) is 1. The molecule has 1 saturated carbocycles. The van der Waals surface area contributed by atoms with E-state index >= 15 is 0 Å². The number of halogens is 1. The molecule has 21 heavy (non-hydrogen) atoms. The van der Waals surface area contributed by atoms with Gasteiger partial charge in [-0.15, -0.1) is 0 Å². The molecule has 0 amide bonds. The Hall–Kier alpha value is -1.26. The van der Waals surface area contributed by atoms with Crippen LogP contribution in [-0.4, -0.2) is 33.2 Å². The second kappa shape index (κ2) is 5.85. The maximum Gasteiger partial charge on any atom is 0.320 e. The van der Waals surface area contributed by atoms with E-state index in [1.54, 1.807) is 18.2 Å². The van der Waals surface area contributed by atoms with Crippen molar-refractivity contribution in [1.29, 1.82) is 0 Å². The molecule has 1 aromatic rings. The Morgan fingerprint density at radius 3 is 2.81 bits per heavy atom. The molecule has 1 saturated heterocycles. The first-order valence-electron chi connectivity index (χ1n) is 7.53. The Kier molecular flexibility index (Phi) is 4.09. The second-order valence-electron chi connectivity index (χ2n) is 6.11. The molecule has 0 aromatic heterocycles. The first kappa shape index (κ1) is 14.7. The number of nitrogens with zero attached hydrogens (tertiary/aromatic N) is 1. The van der Waals surface area contributed by atoms with E-state index in [0.29, 0.717) is 35.5 Å². The molecule has 1 aliphatic carbocycles. The summed E-state index contributed by atoms with van der Waals surface area (Å²) in [6.07, 6.45) is 5.21. The van der Waals surface area contributed by atoms with Crippen LogP contribution in [0.2, 0.25) is 5.02 Å². The van der Waals surface area contributed by atoms with Crippen molar-refractivity contribution in [2.45, 2.75) is 50.7 Å². The SMILES string of the molecule is O=C(O)C1CC2CCCCC2N1Cc1c(O)cccc1Cl.